The minimum absolute atomic E-state index is 0.120. The normalized spacial score (nSPS) is 16.5. The van der Waals surface area contributed by atoms with Gasteiger partial charge in [0.15, 0.2) is 0 Å². The second kappa shape index (κ2) is 9.09. The lowest BCUT2D eigenvalue weighted by atomic mass is 9.93. The van der Waals surface area contributed by atoms with E-state index < -0.39 is 0 Å². The van der Waals surface area contributed by atoms with Gasteiger partial charge in [-0.15, -0.1) is 11.3 Å². The van der Waals surface area contributed by atoms with Crippen LogP contribution in [-0.4, -0.2) is 17.6 Å². The van der Waals surface area contributed by atoms with E-state index >= 15 is 0 Å². The fourth-order valence-electron chi connectivity index (χ4n) is 3.18. The predicted molar refractivity (Wildman–Crippen MR) is 114 cm³/mol. The number of para-hydroxylation sites is 1. The summed E-state index contributed by atoms with van der Waals surface area (Å²) < 4.78 is 0. The summed E-state index contributed by atoms with van der Waals surface area (Å²) in [5.41, 5.74) is 3.46. The number of thiophene rings is 1. The number of benzene rings is 1. The zero-order chi connectivity index (χ0) is 20.1. The molecule has 28 heavy (non-hydrogen) atoms. The van der Waals surface area contributed by atoms with Crippen LogP contribution in [0.1, 0.15) is 35.3 Å². The van der Waals surface area contributed by atoms with Crippen LogP contribution in [0, 0.1) is 18.3 Å². The monoisotopic (exact) mass is 411 g/mol. The molecule has 0 saturated heterocycles. The van der Waals surface area contributed by atoms with Gasteiger partial charge in [-0.3, -0.25) is 9.59 Å². The largest absolute Gasteiger partial charge is 0.325 e. The van der Waals surface area contributed by atoms with Crippen molar-refractivity contribution in [2.75, 3.05) is 11.1 Å². The first-order chi connectivity index (χ1) is 13.5. The first-order valence-electron chi connectivity index (χ1n) is 9.02. The molecule has 5 nitrogen and oxygen atoms in total. The highest BCUT2D eigenvalue weighted by molar-refractivity contribution is 8.03. The van der Waals surface area contributed by atoms with Crippen molar-refractivity contribution in [2.24, 2.45) is 0 Å². The number of aryl methyl sites for hydroxylation is 2. The van der Waals surface area contributed by atoms with Crippen molar-refractivity contribution >= 4 is 40.6 Å². The lowest BCUT2D eigenvalue weighted by Gasteiger charge is -2.24. The van der Waals surface area contributed by atoms with E-state index in [-0.39, 0.29) is 29.9 Å². The molecule has 7 heteroatoms. The van der Waals surface area contributed by atoms with Crippen LogP contribution in [-0.2, 0) is 16.0 Å². The summed E-state index contributed by atoms with van der Waals surface area (Å²) in [5, 5.41) is 17.8. The van der Waals surface area contributed by atoms with Gasteiger partial charge in [0.2, 0.25) is 11.8 Å². The highest BCUT2D eigenvalue weighted by Crippen LogP contribution is 2.37. The second-order valence-corrected chi connectivity index (χ2v) is 8.44. The number of anilines is 1. The van der Waals surface area contributed by atoms with E-state index in [1.165, 1.54) is 23.1 Å². The van der Waals surface area contributed by atoms with Crippen molar-refractivity contribution in [1.82, 2.24) is 5.32 Å². The van der Waals surface area contributed by atoms with E-state index in [0.29, 0.717) is 10.6 Å². The number of carbonyl (C=O) groups is 2. The number of rotatable bonds is 6. The van der Waals surface area contributed by atoms with Gasteiger partial charge in [-0.2, -0.15) is 5.26 Å². The maximum absolute atomic E-state index is 12.5. The topological polar surface area (TPSA) is 82.0 Å². The molecule has 3 rings (SSSR count). The fourth-order valence-corrected chi connectivity index (χ4v) is 4.89. The van der Waals surface area contributed by atoms with Gasteiger partial charge in [0.1, 0.15) is 0 Å². The Balaban J connectivity index is 1.74. The van der Waals surface area contributed by atoms with Crippen molar-refractivity contribution in [3.8, 4) is 6.07 Å². The van der Waals surface area contributed by atoms with E-state index in [1.54, 1.807) is 0 Å². The summed E-state index contributed by atoms with van der Waals surface area (Å²) in [5.74, 6) is -0.416. The van der Waals surface area contributed by atoms with Gasteiger partial charge >= 0.3 is 0 Å². The zero-order valence-corrected chi connectivity index (χ0v) is 17.4. The molecule has 1 aliphatic heterocycles. The molecule has 0 aliphatic carbocycles. The Morgan fingerprint density at radius 3 is 2.89 bits per heavy atom. The number of allylic oxidation sites excluding steroid dienone is 1. The summed E-state index contributed by atoms with van der Waals surface area (Å²) in [6.45, 7) is 4.01. The highest BCUT2D eigenvalue weighted by atomic mass is 32.2. The molecule has 1 aliphatic rings. The van der Waals surface area contributed by atoms with Crippen molar-refractivity contribution < 1.29 is 9.59 Å². The molecule has 0 radical (unpaired) electrons. The number of carbonyl (C=O) groups excluding carboxylic acids is 2. The zero-order valence-electron chi connectivity index (χ0n) is 15.7. The first kappa shape index (κ1) is 20.2. The average Bonchev–Trinajstić information content (AvgIpc) is 3.22. The summed E-state index contributed by atoms with van der Waals surface area (Å²) in [4.78, 5) is 25.6. The Morgan fingerprint density at radius 2 is 2.21 bits per heavy atom. The molecular formula is C21H21N3O2S2. The molecule has 144 valence electrons. The number of hydrogen-bond acceptors (Lipinski definition) is 5. The third-order valence-corrected chi connectivity index (χ3v) is 6.60. The minimum Gasteiger partial charge on any atom is -0.325 e. The molecule has 2 heterocycles. The maximum Gasteiger partial charge on any atom is 0.234 e. The SMILES string of the molecule is CCc1cccc(C)c1NC(=O)CSC1=C(C#N)[C@@H](c2cccs2)CC(=O)N1. The van der Waals surface area contributed by atoms with Gasteiger partial charge in [-0.1, -0.05) is 43.0 Å². The van der Waals surface area contributed by atoms with Crippen LogP contribution in [0.25, 0.3) is 0 Å². The van der Waals surface area contributed by atoms with E-state index in [9.17, 15) is 14.9 Å². The van der Waals surface area contributed by atoms with E-state index in [0.717, 1.165) is 28.1 Å². The van der Waals surface area contributed by atoms with Crippen molar-refractivity contribution in [3.05, 3.63) is 62.3 Å². The van der Waals surface area contributed by atoms with Gasteiger partial charge in [0.05, 0.1) is 22.4 Å². The smallest absolute Gasteiger partial charge is 0.234 e. The van der Waals surface area contributed by atoms with Crippen LogP contribution in [0.4, 0.5) is 5.69 Å². The number of nitrogens with zero attached hydrogens (tertiary/aromatic N) is 1. The molecule has 0 spiro atoms. The third-order valence-electron chi connectivity index (χ3n) is 4.59. The summed E-state index contributed by atoms with van der Waals surface area (Å²) in [6, 6.07) is 12.0. The molecule has 2 aromatic rings. The number of amides is 2. The van der Waals surface area contributed by atoms with Crippen molar-refractivity contribution in [3.63, 3.8) is 0 Å². The van der Waals surface area contributed by atoms with Gasteiger partial charge in [-0.05, 0) is 35.9 Å². The van der Waals surface area contributed by atoms with Crippen LogP contribution >= 0.6 is 23.1 Å². The Kier molecular flexibility index (Phi) is 6.55. The number of nitriles is 1. The van der Waals surface area contributed by atoms with Crippen molar-refractivity contribution in [2.45, 2.75) is 32.6 Å². The number of hydrogen-bond donors (Lipinski definition) is 2. The Morgan fingerprint density at radius 1 is 1.39 bits per heavy atom. The van der Waals surface area contributed by atoms with Gasteiger partial charge < -0.3 is 10.6 Å². The first-order valence-corrected chi connectivity index (χ1v) is 10.9. The lowest BCUT2D eigenvalue weighted by Crippen LogP contribution is -2.31. The third kappa shape index (κ3) is 4.46. The molecule has 0 saturated carbocycles. The van der Waals surface area contributed by atoms with Gasteiger partial charge in [0.25, 0.3) is 0 Å². The van der Waals surface area contributed by atoms with E-state index in [4.69, 9.17) is 0 Å². The predicted octanol–water partition coefficient (Wildman–Crippen LogP) is 4.33. The molecule has 2 N–H and O–H groups in total. The molecule has 1 aromatic heterocycles. The van der Waals surface area contributed by atoms with Crippen molar-refractivity contribution in [1.29, 1.82) is 5.26 Å². The minimum atomic E-state index is -0.243. The molecule has 0 unspecified atom stereocenters. The van der Waals surface area contributed by atoms with E-state index in [2.05, 4.69) is 16.7 Å². The Bertz CT molecular complexity index is 959. The molecule has 2 amide bonds. The Labute approximate surface area is 172 Å². The van der Waals surface area contributed by atoms with Gasteiger partial charge in [-0.25, -0.2) is 0 Å². The summed E-state index contributed by atoms with van der Waals surface area (Å²) in [6.07, 6.45) is 1.08. The molecule has 0 bridgehead atoms. The standard InChI is InChI=1S/C21H21N3O2S2/c1-3-14-7-4-6-13(2)20(14)23-19(26)12-28-21-16(11-22)15(10-18(25)24-21)17-8-5-9-27-17/h4-9,15H,3,10,12H2,1-2H3,(H,23,26)(H,24,25)/t15-/m0/s1. The maximum atomic E-state index is 12.5. The number of nitrogens with one attached hydrogen (secondary N) is 2. The van der Waals surface area contributed by atoms with Crippen LogP contribution in [0.5, 0.6) is 0 Å². The number of thioether (sulfide) groups is 1. The summed E-state index contributed by atoms with van der Waals surface area (Å²) >= 11 is 2.73. The molecular weight excluding hydrogens is 390 g/mol. The molecule has 1 atom stereocenters. The Hall–Kier alpha value is -2.56. The van der Waals surface area contributed by atoms with Crippen LogP contribution in [0.3, 0.4) is 0 Å². The van der Waals surface area contributed by atoms with Crippen LogP contribution < -0.4 is 10.6 Å². The van der Waals surface area contributed by atoms with E-state index in [1.807, 2.05) is 49.6 Å². The molecule has 1 aromatic carbocycles. The highest BCUT2D eigenvalue weighted by Gasteiger charge is 2.30. The second-order valence-electron chi connectivity index (χ2n) is 6.47. The van der Waals surface area contributed by atoms with Crippen LogP contribution in [0.15, 0.2) is 46.3 Å². The lowest BCUT2D eigenvalue weighted by molar-refractivity contribution is -0.121. The summed E-state index contributed by atoms with van der Waals surface area (Å²) in [7, 11) is 0. The molecule has 0 fully saturated rings. The quantitative estimate of drug-likeness (QED) is 0.741. The van der Waals surface area contributed by atoms with Crippen LogP contribution in [0.2, 0.25) is 0 Å². The average molecular weight is 412 g/mol. The fraction of sp³-hybridized carbons (Fsp3) is 0.286. The van der Waals surface area contributed by atoms with Gasteiger partial charge in [0, 0.05) is 22.9 Å².